The Hall–Kier alpha value is -3.15. The Morgan fingerprint density at radius 3 is 2.54 bits per heavy atom. The Kier molecular flexibility index (Phi) is 6.09. The minimum absolute atomic E-state index is 0.0246. The summed E-state index contributed by atoms with van der Waals surface area (Å²) >= 11 is 0. The molecule has 0 aliphatic rings. The fourth-order valence-corrected chi connectivity index (χ4v) is 2.79. The van der Waals surface area contributed by atoms with E-state index < -0.39 is 0 Å². The van der Waals surface area contributed by atoms with Gasteiger partial charge in [0.2, 0.25) is 11.7 Å². The number of aromatic nitrogens is 2. The van der Waals surface area contributed by atoms with E-state index in [1.165, 1.54) is 0 Å². The van der Waals surface area contributed by atoms with Crippen molar-refractivity contribution in [2.24, 2.45) is 0 Å². The van der Waals surface area contributed by atoms with E-state index in [9.17, 15) is 4.79 Å². The number of carbonyl (C=O) groups is 1. The van der Waals surface area contributed by atoms with Crippen LogP contribution in [0.2, 0.25) is 0 Å². The third-order valence-electron chi connectivity index (χ3n) is 4.38. The highest BCUT2D eigenvalue weighted by atomic mass is 16.5. The molecule has 1 heterocycles. The summed E-state index contributed by atoms with van der Waals surface area (Å²) in [7, 11) is 0. The van der Waals surface area contributed by atoms with Gasteiger partial charge in [0.1, 0.15) is 12.3 Å². The zero-order chi connectivity index (χ0) is 20.1. The minimum atomic E-state index is -0.133. The Morgan fingerprint density at radius 2 is 1.86 bits per heavy atom. The van der Waals surface area contributed by atoms with Gasteiger partial charge in [0, 0.05) is 11.6 Å². The third-order valence-corrected chi connectivity index (χ3v) is 4.38. The van der Waals surface area contributed by atoms with Crippen LogP contribution in [0.5, 0.6) is 5.75 Å². The lowest BCUT2D eigenvalue weighted by atomic mass is 10.1. The number of hydrogen-bond acceptors (Lipinski definition) is 5. The lowest BCUT2D eigenvalue weighted by Gasteiger charge is -2.25. The van der Waals surface area contributed by atoms with Crippen LogP contribution in [0, 0.1) is 13.8 Å². The fraction of sp³-hybridized carbons (Fsp3) is 0.318. The van der Waals surface area contributed by atoms with Crippen LogP contribution in [-0.2, 0) is 11.3 Å². The fourth-order valence-electron chi connectivity index (χ4n) is 2.79. The topological polar surface area (TPSA) is 68.5 Å². The molecule has 2 aromatic carbocycles. The second kappa shape index (κ2) is 8.69. The van der Waals surface area contributed by atoms with E-state index in [0.29, 0.717) is 17.5 Å². The lowest BCUT2D eigenvalue weighted by molar-refractivity contribution is -0.136. The Labute approximate surface area is 165 Å². The highest BCUT2D eigenvalue weighted by Gasteiger charge is 2.21. The summed E-state index contributed by atoms with van der Waals surface area (Å²) < 4.78 is 11.0. The Morgan fingerprint density at radius 1 is 1.11 bits per heavy atom. The second-order valence-electron chi connectivity index (χ2n) is 7.10. The molecule has 0 aliphatic carbocycles. The third kappa shape index (κ3) is 4.97. The van der Waals surface area contributed by atoms with E-state index in [0.717, 1.165) is 16.7 Å². The number of benzene rings is 2. The maximum Gasteiger partial charge on any atom is 0.261 e. The molecule has 6 nitrogen and oxygen atoms in total. The van der Waals surface area contributed by atoms with Crippen LogP contribution in [-0.4, -0.2) is 33.6 Å². The number of aryl methyl sites for hydroxylation is 2. The van der Waals surface area contributed by atoms with Gasteiger partial charge in [-0.15, -0.1) is 0 Å². The monoisotopic (exact) mass is 379 g/mol. The quantitative estimate of drug-likeness (QED) is 0.616. The van der Waals surface area contributed by atoms with E-state index in [4.69, 9.17) is 9.26 Å². The van der Waals surface area contributed by atoms with Gasteiger partial charge in [0.05, 0.1) is 0 Å². The Bertz CT molecular complexity index is 932. The summed E-state index contributed by atoms with van der Waals surface area (Å²) in [4.78, 5) is 18.8. The highest BCUT2D eigenvalue weighted by molar-refractivity contribution is 5.78. The number of carbonyl (C=O) groups excluding carboxylic acids is 1. The van der Waals surface area contributed by atoms with Crippen LogP contribution >= 0.6 is 0 Å². The van der Waals surface area contributed by atoms with E-state index in [1.807, 2.05) is 76.2 Å². The first-order chi connectivity index (χ1) is 13.4. The smallest absolute Gasteiger partial charge is 0.261 e. The summed E-state index contributed by atoms with van der Waals surface area (Å²) in [6.45, 7) is 8.11. The van der Waals surface area contributed by atoms with Crippen molar-refractivity contribution in [3.05, 3.63) is 65.5 Å². The van der Waals surface area contributed by atoms with Crippen molar-refractivity contribution in [3.8, 4) is 17.1 Å². The van der Waals surface area contributed by atoms with Crippen LogP contribution in [0.4, 0.5) is 0 Å². The van der Waals surface area contributed by atoms with Crippen LogP contribution < -0.4 is 4.74 Å². The van der Waals surface area contributed by atoms with Gasteiger partial charge < -0.3 is 14.2 Å². The summed E-state index contributed by atoms with van der Waals surface area (Å²) in [5.74, 6) is 1.45. The van der Waals surface area contributed by atoms with Gasteiger partial charge in [0.25, 0.3) is 5.91 Å². The molecule has 28 heavy (non-hydrogen) atoms. The average Bonchev–Trinajstić information content (AvgIpc) is 3.14. The highest BCUT2D eigenvalue weighted by Crippen LogP contribution is 2.18. The molecule has 0 bridgehead atoms. The zero-order valence-corrected chi connectivity index (χ0v) is 16.7. The first-order valence-electron chi connectivity index (χ1n) is 9.31. The molecule has 1 aromatic heterocycles. The minimum Gasteiger partial charge on any atom is -0.484 e. The van der Waals surface area contributed by atoms with Crippen molar-refractivity contribution in [2.75, 3.05) is 6.61 Å². The summed E-state index contributed by atoms with van der Waals surface area (Å²) in [5.41, 5.74) is 3.15. The molecule has 0 aliphatic heterocycles. The first kappa shape index (κ1) is 19.6. The van der Waals surface area contributed by atoms with Crippen molar-refractivity contribution < 1.29 is 14.1 Å². The first-order valence-corrected chi connectivity index (χ1v) is 9.31. The van der Waals surface area contributed by atoms with Crippen LogP contribution in [0.25, 0.3) is 11.4 Å². The van der Waals surface area contributed by atoms with E-state index in [-0.39, 0.29) is 25.1 Å². The second-order valence-corrected chi connectivity index (χ2v) is 7.10. The number of rotatable bonds is 7. The number of ether oxygens (including phenoxy) is 1. The van der Waals surface area contributed by atoms with E-state index >= 15 is 0 Å². The molecule has 0 saturated carbocycles. The molecule has 1 amide bonds. The van der Waals surface area contributed by atoms with Gasteiger partial charge in [-0.05, 0) is 45.9 Å². The molecule has 0 saturated heterocycles. The van der Waals surface area contributed by atoms with Crippen LogP contribution in [0.15, 0.2) is 53.1 Å². The lowest BCUT2D eigenvalue weighted by Crippen LogP contribution is -2.39. The Balaban J connectivity index is 1.65. The summed E-state index contributed by atoms with van der Waals surface area (Å²) in [6, 6.07) is 15.5. The molecule has 0 fully saturated rings. The molecule has 0 radical (unpaired) electrons. The van der Waals surface area contributed by atoms with Crippen LogP contribution in [0.3, 0.4) is 0 Å². The normalized spacial score (nSPS) is 10.9. The molecule has 0 spiro atoms. The molecule has 0 atom stereocenters. The molecule has 146 valence electrons. The van der Waals surface area contributed by atoms with Gasteiger partial charge >= 0.3 is 0 Å². The number of nitrogens with zero attached hydrogens (tertiary/aromatic N) is 3. The van der Waals surface area contributed by atoms with Crippen molar-refractivity contribution in [3.63, 3.8) is 0 Å². The molecular weight excluding hydrogens is 354 g/mol. The van der Waals surface area contributed by atoms with Gasteiger partial charge in [-0.3, -0.25) is 4.79 Å². The zero-order valence-electron chi connectivity index (χ0n) is 16.7. The van der Waals surface area contributed by atoms with Gasteiger partial charge in [-0.2, -0.15) is 4.98 Å². The number of amides is 1. The standard InChI is InChI=1S/C22H25N3O3/c1-15(2)25(21(26)14-27-19-10-8-16(3)9-11-19)13-20-23-22(24-28-20)18-7-5-6-17(4)12-18/h5-12,15H,13-14H2,1-4H3. The van der Waals surface area contributed by atoms with Gasteiger partial charge in [-0.1, -0.05) is 46.6 Å². The van der Waals surface area contributed by atoms with Gasteiger partial charge in [0.15, 0.2) is 6.61 Å². The van der Waals surface area contributed by atoms with E-state index in [2.05, 4.69) is 10.1 Å². The van der Waals surface area contributed by atoms with Crippen molar-refractivity contribution in [2.45, 2.75) is 40.3 Å². The average molecular weight is 379 g/mol. The predicted molar refractivity (Wildman–Crippen MR) is 107 cm³/mol. The molecule has 6 heteroatoms. The SMILES string of the molecule is Cc1ccc(OCC(=O)N(Cc2nc(-c3cccc(C)c3)no2)C(C)C)cc1. The maximum absolute atomic E-state index is 12.7. The summed E-state index contributed by atoms with van der Waals surface area (Å²) in [5, 5.41) is 4.05. The van der Waals surface area contributed by atoms with Crippen LogP contribution in [0.1, 0.15) is 30.9 Å². The van der Waals surface area contributed by atoms with Crippen molar-refractivity contribution >= 4 is 5.91 Å². The molecule has 0 unspecified atom stereocenters. The van der Waals surface area contributed by atoms with E-state index in [1.54, 1.807) is 4.90 Å². The van der Waals surface area contributed by atoms with Crippen molar-refractivity contribution in [1.29, 1.82) is 0 Å². The molecular formula is C22H25N3O3. The number of hydrogen-bond donors (Lipinski definition) is 0. The summed E-state index contributed by atoms with van der Waals surface area (Å²) in [6.07, 6.45) is 0. The largest absolute Gasteiger partial charge is 0.484 e. The predicted octanol–water partition coefficient (Wildman–Crippen LogP) is 4.17. The molecule has 0 N–H and O–H groups in total. The van der Waals surface area contributed by atoms with Gasteiger partial charge in [-0.25, -0.2) is 0 Å². The molecule has 3 rings (SSSR count). The maximum atomic E-state index is 12.7. The van der Waals surface area contributed by atoms with Crippen molar-refractivity contribution in [1.82, 2.24) is 15.0 Å². The molecule has 3 aromatic rings.